The average molecular weight is 351 g/mol. The zero-order chi connectivity index (χ0) is 18.4. The van der Waals surface area contributed by atoms with Crippen LogP contribution in [0.2, 0.25) is 0 Å². The summed E-state index contributed by atoms with van der Waals surface area (Å²) in [5.74, 6) is 2.54. The van der Waals surface area contributed by atoms with Gasteiger partial charge in [-0.2, -0.15) is 0 Å². The number of aryl methyl sites for hydroxylation is 1. The summed E-state index contributed by atoms with van der Waals surface area (Å²) in [6.45, 7) is 2.13. The van der Waals surface area contributed by atoms with Gasteiger partial charge < -0.3 is 19.0 Å². The first-order valence-electron chi connectivity index (χ1n) is 8.31. The predicted octanol–water partition coefficient (Wildman–Crippen LogP) is 4.24. The molecule has 0 saturated carbocycles. The van der Waals surface area contributed by atoms with E-state index in [-0.39, 0.29) is 13.2 Å². The number of methoxy groups -OCH3 is 1. The van der Waals surface area contributed by atoms with Crippen LogP contribution >= 0.6 is 0 Å². The first kappa shape index (κ1) is 17.8. The Bertz CT molecular complexity index is 884. The Morgan fingerprint density at radius 1 is 1.12 bits per heavy atom. The van der Waals surface area contributed by atoms with E-state index in [1.165, 1.54) is 0 Å². The molecule has 0 aliphatic carbocycles. The number of ether oxygens (including phenoxy) is 2. The lowest BCUT2D eigenvalue weighted by Crippen LogP contribution is -2.00. The highest BCUT2D eigenvalue weighted by molar-refractivity contribution is 5.56. The molecule has 0 amide bonds. The van der Waals surface area contributed by atoms with E-state index in [1.54, 1.807) is 13.2 Å². The molecule has 0 unspecified atom stereocenters. The molecule has 134 valence electrons. The maximum absolute atomic E-state index is 8.92. The van der Waals surface area contributed by atoms with Gasteiger partial charge in [-0.25, -0.2) is 4.98 Å². The lowest BCUT2D eigenvalue weighted by Gasteiger charge is -2.10. The van der Waals surface area contributed by atoms with Crippen LogP contribution in [-0.4, -0.2) is 23.8 Å². The molecule has 3 rings (SSSR count). The highest BCUT2D eigenvalue weighted by atomic mass is 16.5. The van der Waals surface area contributed by atoms with Gasteiger partial charge in [-0.1, -0.05) is 36.4 Å². The lowest BCUT2D eigenvalue weighted by molar-refractivity contribution is 0.279. The fourth-order valence-electron chi connectivity index (χ4n) is 2.51. The third kappa shape index (κ3) is 4.13. The molecule has 0 spiro atoms. The van der Waals surface area contributed by atoms with E-state index in [0.29, 0.717) is 17.4 Å². The Kier molecular flexibility index (Phi) is 5.71. The van der Waals surface area contributed by atoms with Gasteiger partial charge in [-0.05, 0) is 36.8 Å². The van der Waals surface area contributed by atoms with Crippen molar-refractivity contribution in [3.63, 3.8) is 0 Å². The topological polar surface area (TPSA) is 64.7 Å². The summed E-state index contributed by atoms with van der Waals surface area (Å²) < 4.78 is 17.0. The monoisotopic (exact) mass is 351 g/mol. The van der Waals surface area contributed by atoms with E-state index >= 15 is 0 Å². The fourth-order valence-corrected chi connectivity index (χ4v) is 2.51. The van der Waals surface area contributed by atoms with Gasteiger partial charge in [-0.15, -0.1) is 0 Å². The van der Waals surface area contributed by atoms with Gasteiger partial charge in [-0.3, -0.25) is 0 Å². The van der Waals surface area contributed by atoms with Crippen LogP contribution in [0.5, 0.6) is 11.5 Å². The predicted molar refractivity (Wildman–Crippen MR) is 100 cm³/mol. The third-order valence-corrected chi connectivity index (χ3v) is 3.88. The number of nitrogens with zero attached hydrogens (tertiary/aromatic N) is 1. The van der Waals surface area contributed by atoms with E-state index in [1.807, 2.05) is 61.5 Å². The van der Waals surface area contributed by atoms with Crippen molar-refractivity contribution in [3.05, 3.63) is 71.6 Å². The van der Waals surface area contributed by atoms with Crippen LogP contribution in [0.25, 0.3) is 17.5 Å². The second-order valence-electron chi connectivity index (χ2n) is 5.67. The Morgan fingerprint density at radius 2 is 1.92 bits per heavy atom. The van der Waals surface area contributed by atoms with Crippen LogP contribution in [0.3, 0.4) is 0 Å². The van der Waals surface area contributed by atoms with Gasteiger partial charge in [0, 0.05) is 5.56 Å². The van der Waals surface area contributed by atoms with Crippen molar-refractivity contribution in [3.8, 4) is 23.0 Å². The first-order chi connectivity index (χ1) is 12.7. The minimum atomic E-state index is -0.0113. The van der Waals surface area contributed by atoms with E-state index in [0.717, 1.165) is 22.6 Å². The van der Waals surface area contributed by atoms with Crippen LogP contribution in [-0.2, 0) is 6.61 Å². The standard InChI is InChI=1S/C21H21NO4/c1-15-18(22-21(26-15)17-8-4-3-5-9-17)14-25-20-13-16(7-6-12-23)10-11-19(20)24-2/h3-11,13,23H,12,14H2,1-2H3/b7-6+. The smallest absolute Gasteiger partial charge is 0.226 e. The van der Waals surface area contributed by atoms with Crippen molar-refractivity contribution in [1.29, 1.82) is 0 Å². The number of rotatable bonds is 7. The van der Waals surface area contributed by atoms with Crippen LogP contribution in [0, 0.1) is 6.92 Å². The number of hydrogen-bond donors (Lipinski definition) is 1. The minimum absolute atomic E-state index is 0.0113. The molecule has 1 N–H and O–H groups in total. The molecule has 26 heavy (non-hydrogen) atoms. The maximum Gasteiger partial charge on any atom is 0.226 e. The number of benzene rings is 2. The normalized spacial score (nSPS) is 11.0. The van der Waals surface area contributed by atoms with E-state index in [2.05, 4.69) is 4.98 Å². The summed E-state index contributed by atoms with van der Waals surface area (Å²) in [6, 6.07) is 15.3. The van der Waals surface area contributed by atoms with Gasteiger partial charge in [0.05, 0.1) is 13.7 Å². The molecule has 3 aromatic rings. The highest BCUT2D eigenvalue weighted by Gasteiger charge is 2.13. The largest absolute Gasteiger partial charge is 0.493 e. The first-order valence-corrected chi connectivity index (χ1v) is 8.31. The zero-order valence-electron chi connectivity index (χ0n) is 14.8. The fraction of sp³-hybridized carbons (Fsp3) is 0.190. The summed E-state index contributed by atoms with van der Waals surface area (Å²) in [5.41, 5.74) is 2.58. The Balaban J connectivity index is 1.78. The molecule has 5 nitrogen and oxygen atoms in total. The van der Waals surface area contributed by atoms with Crippen LogP contribution in [0.15, 0.2) is 59.0 Å². The molecule has 2 aromatic carbocycles. The minimum Gasteiger partial charge on any atom is -0.493 e. The average Bonchev–Trinajstić information content (AvgIpc) is 3.06. The van der Waals surface area contributed by atoms with Gasteiger partial charge in [0.1, 0.15) is 18.1 Å². The molecule has 1 heterocycles. The highest BCUT2D eigenvalue weighted by Crippen LogP contribution is 2.30. The summed E-state index contributed by atoms with van der Waals surface area (Å²) >= 11 is 0. The van der Waals surface area contributed by atoms with Crippen molar-refractivity contribution in [2.75, 3.05) is 13.7 Å². The van der Waals surface area contributed by atoms with Crippen molar-refractivity contribution in [1.82, 2.24) is 4.98 Å². The Morgan fingerprint density at radius 3 is 2.65 bits per heavy atom. The van der Waals surface area contributed by atoms with Crippen LogP contribution in [0.4, 0.5) is 0 Å². The number of hydrogen-bond acceptors (Lipinski definition) is 5. The Labute approximate surface area is 152 Å². The lowest BCUT2D eigenvalue weighted by atomic mass is 10.2. The van der Waals surface area contributed by atoms with Crippen LogP contribution in [0.1, 0.15) is 17.0 Å². The van der Waals surface area contributed by atoms with E-state index < -0.39 is 0 Å². The quantitative estimate of drug-likeness (QED) is 0.690. The summed E-state index contributed by atoms with van der Waals surface area (Å²) in [4.78, 5) is 4.54. The molecule has 0 bridgehead atoms. The molecule has 0 atom stereocenters. The molecule has 5 heteroatoms. The molecular weight excluding hydrogens is 330 g/mol. The number of aliphatic hydroxyl groups excluding tert-OH is 1. The molecule has 0 aliphatic rings. The Hall–Kier alpha value is -3.05. The molecule has 0 saturated heterocycles. The number of oxazole rings is 1. The summed E-state index contributed by atoms with van der Waals surface area (Å²) in [5, 5.41) is 8.92. The second kappa shape index (κ2) is 8.36. The molecule has 0 aliphatic heterocycles. The van der Waals surface area contributed by atoms with Gasteiger partial charge in [0.2, 0.25) is 5.89 Å². The molecule has 0 radical (unpaired) electrons. The summed E-state index contributed by atoms with van der Waals surface area (Å²) in [6.07, 6.45) is 3.49. The van der Waals surface area contributed by atoms with Gasteiger partial charge >= 0.3 is 0 Å². The van der Waals surface area contributed by atoms with Crippen molar-refractivity contribution < 1.29 is 19.0 Å². The zero-order valence-corrected chi connectivity index (χ0v) is 14.8. The van der Waals surface area contributed by atoms with Crippen molar-refractivity contribution in [2.24, 2.45) is 0 Å². The molecule has 0 fully saturated rings. The summed E-state index contributed by atoms with van der Waals surface area (Å²) in [7, 11) is 1.60. The van der Waals surface area contributed by atoms with Crippen molar-refractivity contribution >= 4 is 6.08 Å². The SMILES string of the molecule is COc1ccc(/C=C/CO)cc1OCc1nc(-c2ccccc2)oc1C. The van der Waals surface area contributed by atoms with E-state index in [9.17, 15) is 0 Å². The molecule has 1 aromatic heterocycles. The van der Waals surface area contributed by atoms with E-state index in [4.69, 9.17) is 19.0 Å². The van der Waals surface area contributed by atoms with Gasteiger partial charge in [0.15, 0.2) is 11.5 Å². The van der Waals surface area contributed by atoms with Crippen molar-refractivity contribution in [2.45, 2.75) is 13.5 Å². The number of aromatic nitrogens is 1. The maximum atomic E-state index is 8.92. The van der Waals surface area contributed by atoms with Crippen LogP contribution < -0.4 is 9.47 Å². The number of aliphatic hydroxyl groups is 1. The third-order valence-electron chi connectivity index (χ3n) is 3.88. The van der Waals surface area contributed by atoms with Gasteiger partial charge in [0.25, 0.3) is 0 Å². The molecular formula is C21H21NO4. The second-order valence-corrected chi connectivity index (χ2v) is 5.67.